The van der Waals surface area contributed by atoms with Crippen LogP contribution in [-0.4, -0.2) is 28.3 Å². The highest BCUT2D eigenvalue weighted by atomic mass is 28.3. The van der Waals surface area contributed by atoms with Crippen LogP contribution < -0.4 is 9.92 Å². The van der Waals surface area contributed by atoms with Gasteiger partial charge in [0, 0.05) is 32.1 Å². The summed E-state index contributed by atoms with van der Waals surface area (Å²) in [6.07, 6.45) is 0.821. The van der Waals surface area contributed by atoms with Crippen molar-refractivity contribution in [3.8, 4) is 5.75 Å². The SMILES string of the molecule is CCO[Si](OCC)c1ccc2c(c1)COC(C)(CC)O2. The molecule has 0 fully saturated rings. The van der Waals surface area contributed by atoms with Gasteiger partial charge in [0.1, 0.15) is 5.75 Å². The molecule has 20 heavy (non-hydrogen) atoms. The summed E-state index contributed by atoms with van der Waals surface area (Å²) in [5.74, 6) is 0.390. The zero-order chi connectivity index (χ0) is 14.6. The van der Waals surface area contributed by atoms with E-state index in [2.05, 4.69) is 13.0 Å². The molecule has 0 saturated heterocycles. The van der Waals surface area contributed by atoms with Gasteiger partial charge in [-0.15, -0.1) is 0 Å². The van der Waals surface area contributed by atoms with Crippen LogP contribution in [0.3, 0.4) is 0 Å². The Hall–Kier alpha value is -0.883. The second-order valence-electron chi connectivity index (χ2n) is 4.85. The van der Waals surface area contributed by atoms with Gasteiger partial charge in [0.2, 0.25) is 5.79 Å². The first-order valence-corrected chi connectivity index (χ1v) is 8.52. The number of fused-ring (bicyclic) bond motifs is 1. The number of hydrogen-bond donors (Lipinski definition) is 0. The van der Waals surface area contributed by atoms with E-state index in [1.165, 1.54) is 0 Å². The average Bonchev–Trinajstić information content (AvgIpc) is 2.46. The maximum Gasteiger partial charge on any atom is 0.423 e. The van der Waals surface area contributed by atoms with E-state index < -0.39 is 15.1 Å². The maximum atomic E-state index is 5.93. The smallest absolute Gasteiger partial charge is 0.423 e. The van der Waals surface area contributed by atoms with E-state index in [1.807, 2.05) is 32.9 Å². The quantitative estimate of drug-likeness (QED) is 0.756. The van der Waals surface area contributed by atoms with Crippen molar-refractivity contribution in [3.63, 3.8) is 0 Å². The third kappa shape index (κ3) is 3.41. The highest BCUT2D eigenvalue weighted by Gasteiger charge is 2.31. The summed E-state index contributed by atoms with van der Waals surface area (Å²) >= 11 is 0. The minimum atomic E-state index is -1.40. The van der Waals surface area contributed by atoms with E-state index in [4.69, 9.17) is 18.3 Å². The summed E-state index contributed by atoms with van der Waals surface area (Å²) in [5.41, 5.74) is 1.07. The molecule has 0 bridgehead atoms. The molecule has 1 aliphatic heterocycles. The van der Waals surface area contributed by atoms with Gasteiger partial charge < -0.3 is 18.3 Å². The molecule has 0 N–H and O–H groups in total. The lowest BCUT2D eigenvalue weighted by molar-refractivity contribution is -0.194. The van der Waals surface area contributed by atoms with Gasteiger partial charge in [-0.25, -0.2) is 0 Å². The summed E-state index contributed by atoms with van der Waals surface area (Å²) in [7, 11) is -1.40. The molecule has 1 aromatic carbocycles. The monoisotopic (exact) mass is 295 g/mol. The number of rotatable bonds is 6. The predicted molar refractivity (Wildman–Crippen MR) is 79.2 cm³/mol. The van der Waals surface area contributed by atoms with Crippen LogP contribution in [0.15, 0.2) is 18.2 Å². The molecule has 1 aromatic rings. The molecule has 4 nitrogen and oxygen atoms in total. The topological polar surface area (TPSA) is 36.9 Å². The fraction of sp³-hybridized carbons (Fsp3) is 0.600. The first-order chi connectivity index (χ1) is 9.61. The second kappa shape index (κ2) is 6.71. The number of benzene rings is 1. The Kier molecular flexibility index (Phi) is 5.21. The Morgan fingerprint density at radius 1 is 1.20 bits per heavy atom. The summed E-state index contributed by atoms with van der Waals surface area (Å²) in [6.45, 7) is 9.89. The van der Waals surface area contributed by atoms with Crippen molar-refractivity contribution >= 4 is 14.5 Å². The van der Waals surface area contributed by atoms with Crippen molar-refractivity contribution in [1.29, 1.82) is 0 Å². The normalized spacial score (nSPS) is 21.6. The molecule has 0 saturated carbocycles. The van der Waals surface area contributed by atoms with E-state index in [-0.39, 0.29) is 0 Å². The summed E-state index contributed by atoms with van der Waals surface area (Å²) < 4.78 is 23.2. The Morgan fingerprint density at radius 3 is 2.50 bits per heavy atom. The molecule has 1 radical (unpaired) electrons. The van der Waals surface area contributed by atoms with Gasteiger partial charge in [0.25, 0.3) is 0 Å². The van der Waals surface area contributed by atoms with Gasteiger partial charge in [-0.05, 0) is 31.2 Å². The molecular formula is C15H23O4Si. The van der Waals surface area contributed by atoms with Crippen LogP contribution in [0.2, 0.25) is 0 Å². The van der Waals surface area contributed by atoms with Gasteiger partial charge in [0.15, 0.2) is 0 Å². The zero-order valence-electron chi connectivity index (χ0n) is 12.7. The molecule has 1 unspecified atom stereocenters. The van der Waals surface area contributed by atoms with Crippen LogP contribution >= 0.6 is 0 Å². The zero-order valence-corrected chi connectivity index (χ0v) is 13.7. The van der Waals surface area contributed by atoms with Crippen molar-refractivity contribution in [1.82, 2.24) is 0 Å². The maximum absolute atomic E-state index is 5.93. The van der Waals surface area contributed by atoms with E-state index >= 15 is 0 Å². The molecule has 0 aliphatic carbocycles. The van der Waals surface area contributed by atoms with E-state index in [9.17, 15) is 0 Å². The third-order valence-electron chi connectivity index (χ3n) is 3.35. The van der Waals surface area contributed by atoms with Crippen molar-refractivity contribution in [2.45, 2.75) is 46.5 Å². The molecule has 1 heterocycles. The fourth-order valence-electron chi connectivity index (χ4n) is 2.06. The Labute approximate surface area is 122 Å². The molecule has 0 aromatic heterocycles. The molecule has 0 spiro atoms. The lowest BCUT2D eigenvalue weighted by Crippen LogP contribution is -2.40. The van der Waals surface area contributed by atoms with Gasteiger partial charge in [-0.1, -0.05) is 13.0 Å². The van der Waals surface area contributed by atoms with Crippen LogP contribution in [-0.2, 0) is 20.2 Å². The molecule has 5 heteroatoms. The van der Waals surface area contributed by atoms with E-state index in [1.54, 1.807) is 0 Å². The highest BCUT2D eigenvalue weighted by molar-refractivity contribution is 6.61. The molecule has 2 rings (SSSR count). The Bertz CT molecular complexity index is 445. The Balaban J connectivity index is 2.20. The molecule has 0 amide bonds. The van der Waals surface area contributed by atoms with Gasteiger partial charge in [-0.3, -0.25) is 0 Å². The first-order valence-electron chi connectivity index (χ1n) is 7.20. The van der Waals surface area contributed by atoms with E-state index in [0.717, 1.165) is 22.9 Å². The van der Waals surface area contributed by atoms with Crippen LogP contribution in [0.5, 0.6) is 5.75 Å². The summed E-state index contributed by atoms with van der Waals surface area (Å²) in [5, 5.41) is 1.10. The average molecular weight is 295 g/mol. The second-order valence-corrected chi connectivity index (χ2v) is 6.58. The summed E-state index contributed by atoms with van der Waals surface area (Å²) in [6, 6.07) is 6.13. The van der Waals surface area contributed by atoms with Crippen LogP contribution in [0.25, 0.3) is 0 Å². The van der Waals surface area contributed by atoms with Gasteiger partial charge in [-0.2, -0.15) is 0 Å². The first kappa shape index (κ1) is 15.5. The predicted octanol–water partition coefficient (Wildman–Crippen LogP) is 2.49. The largest absolute Gasteiger partial charge is 0.462 e. The van der Waals surface area contributed by atoms with Crippen molar-refractivity contribution in [2.75, 3.05) is 13.2 Å². The minimum Gasteiger partial charge on any atom is -0.462 e. The molecule has 1 aliphatic rings. The lowest BCUT2D eigenvalue weighted by Gasteiger charge is -2.35. The third-order valence-corrected chi connectivity index (χ3v) is 5.23. The minimum absolute atomic E-state index is 0.512. The van der Waals surface area contributed by atoms with Gasteiger partial charge in [0.05, 0.1) is 6.61 Å². The lowest BCUT2D eigenvalue weighted by atomic mass is 10.1. The molecular weight excluding hydrogens is 272 g/mol. The van der Waals surface area contributed by atoms with Crippen molar-refractivity contribution < 1.29 is 18.3 Å². The molecule has 1 atom stereocenters. The molecule has 111 valence electrons. The van der Waals surface area contributed by atoms with Crippen molar-refractivity contribution in [2.24, 2.45) is 0 Å². The fourth-order valence-corrected chi connectivity index (χ4v) is 3.51. The summed E-state index contributed by atoms with van der Waals surface area (Å²) in [4.78, 5) is 0. The van der Waals surface area contributed by atoms with E-state index in [0.29, 0.717) is 19.8 Å². The van der Waals surface area contributed by atoms with Crippen LogP contribution in [0.1, 0.15) is 39.7 Å². The van der Waals surface area contributed by atoms with Gasteiger partial charge >= 0.3 is 9.28 Å². The number of ether oxygens (including phenoxy) is 2. The Morgan fingerprint density at radius 2 is 1.90 bits per heavy atom. The standard InChI is InChI=1S/C15H23O4Si/c1-5-15(4)16-11-12-10-13(8-9-14(12)19-15)20(17-6-2)18-7-3/h8-10H,5-7,11H2,1-4H3. The number of hydrogen-bond acceptors (Lipinski definition) is 4. The highest BCUT2D eigenvalue weighted by Crippen LogP contribution is 2.32. The van der Waals surface area contributed by atoms with Crippen LogP contribution in [0.4, 0.5) is 0 Å². The van der Waals surface area contributed by atoms with Crippen LogP contribution in [0, 0.1) is 0 Å². The van der Waals surface area contributed by atoms with Crippen molar-refractivity contribution in [3.05, 3.63) is 23.8 Å².